The molecule has 1 aromatic carbocycles. The molecule has 0 bridgehead atoms. The summed E-state index contributed by atoms with van der Waals surface area (Å²) in [5, 5.41) is 10.6. The van der Waals surface area contributed by atoms with Gasteiger partial charge in [-0.3, -0.25) is 0 Å². The zero-order valence-electron chi connectivity index (χ0n) is 9.26. The van der Waals surface area contributed by atoms with Crippen LogP contribution in [0.15, 0.2) is 28.7 Å². The van der Waals surface area contributed by atoms with E-state index < -0.39 is 5.60 Å². The minimum Gasteiger partial charge on any atom is -0.385 e. The smallest absolute Gasteiger partial charge is 0.0912 e. The van der Waals surface area contributed by atoms with E-state index in [2.05, 4.69) is 29.8 Å². The highest BCUT2D eigenvalue weighted by Gasteiger charge is 2.43. The molecule has 2 heteroatoms. The van der Waals surface area contributed by atoms with Crippen LogP contribution >= 0.6 is 15.9 Å². The Labute approximate surface area is 99.6 Å². The Morgan fingerprint density at radius 2 is 1.87 bits per heavy atom. The fourth-order valence-corrected chi connectivity index (χ4v) is 3.24. The fourth-order valence-electron chi connectivity index (χ4n) is 2.58. The third kappa shape index (κ3) is 2.11. The molecule has 0 radical (unpaired) electrons. The van der Waals surface area contributed by atoms with Crippen LogP contribution in [-0.2, 0) is 5.60 Å². The normalized spacial score (nSPS) is 29.3. The molecule has 0 heterocycles. The van der Waals surface area contributed by atoms with Gasteiger partial charge in [0.1, 0.15) is 0 Å². The number of rotatable bonds is 1. The average molecular weight is 269 g/mol. The maximum absolute atomic E-state index is 10.6. The van der Waals surface area contributed by atoms with Crippen molar-refractivity contribution >= 4 is 15.9 Å². The van der Waals surface area contributed by atoms with Crippen molar-refractivity contribution < 1.29 is 5.11 Å². The van der Waals surface area contributed by atoms with Gasteiger partial charge in [0.25, 0.3) is 0 Å². The summed E-state index contributed by atoms with van der Waals surface area (Å²) in [4.78, 5) is 0. The molecular weight excluding hydrogens is 252 g/mol. The Morgan fingerprint density at radius 1 is 1.20 bits per heavy atom. The first kappa shape index (κ1) is 11.2. The maximum Gasteiger partial charge on any atom is 0.0912 e. The first-order valence-electron chi connectivity index (χ1n) is 5.40. The molecule has 0 spiro atoms. The molecule has 0 aliphatic heterocycles. The zero-order valence-corrected chi connectivity index (χ0v) is 10.8. The summed E-state index contributed by atoms with van der Waals surface area (Å²) in [7, 11) is 0. The summed E-state index contributed by atoms with van der Waals surface area (Å²) in [5.74, 6) is 0. The number of halogens is 1. The summed E-state index contributed by atoms with van der Waals surface area (Å²) in [6.45, 7) is 4.45. The summed E-state index contributed by atoms with van der Waals surface area (Å²) in [6.07, 6.45) is 2.80. The van der Waals surface area contributed by atoms with Crippen LogP contribution in [0.25, 0.3) is 0 Å². The lowest BCUT2D eigenvalue weighted by Gasteiger charge is -2.26. The number of hydrogen-bond donors (Lipinski definition) is 1. The molecule has 1 aromatic rings. The van der Waals surface area contributed by atoms with Crippen molar-refractivity contribution in [2.75, 3.05) is 0 Å². The first-order chi connectivity index (χ1) is 6.93. The molecule has 1 saturated carbocycles. The molecule has 82 valence electrons. The molecule has 1 nitrogen and oxygen atoms in total. The third-order valence-electron chi connectivity index (χ3n) is 3.36. The predicted octanol–water partition coefficient (Wildman–Crippen LogP) is 3.85. The standard InChI is InChI=1S/C13H17BrO/c1-12(2)7-8-13(15,9-12)10-5-3-4-6-11(10)14/h3-6,15H,7-9H2,1-2H3. The Hall–Kier alpha value is -0.340. The molecule has 2 rings (SSSR count). The molecule has 1 N–H and O–H groups in total. The third-order valence-corrected chi connectivity index (χ3v) is 4.05. The van der Waals surface area contributed by atoms with E-state index in [9.17, 15) is 5.11 Å². The van der Waals surface area contributed by atoms with E-state index in [4.69, 9.17) is 0 Å². The second-order valence-electron chi connectivity index (χ2n) is 5.35. The highest BCUT2D eigenvalue weighted by Crippen LogP contribution is 2.50. The SMILES string of the molecule is CC1(C)CCC(O)(c2ccccc2Br)C1. The molecule has 1 atom stereocenters. The predicted molar refractivity (Wildman–Crippen MR) is 65.7 cm³/mol. The van der Waals surface area contributed by atoms with Gasteiger partial charge in [-0.15, -0.1) is 0 Å². The van der Waals surface area contributed by atoms with Crippen molar-refractivity contribution in [3.8, 4) is 0 Å². The van der Waals surface area contributed by atoms with Gasteiger partial charge < -0.3 is 5.11 Å². The minimum absolute atomic E-state index is 0.254. The van der Waals surface area contributed by atoms with Crippen LogP contribution in [0.2, 0.25) is 0 Å². The molecule has 1 fully saturated rings. The second kappa shape index (κ2) is 3.60. The van der Waals surface area contributed by atoms with E-state index in [-0.39, 0.29) is 5.41 Å². The van der Waals surface area contributed by atoms with E-state index >= 15 is 0 Å². The lowest BCUT2D eigenvalue weighted by molar-refractivity contribution is 0.0331. The molecule has 15 heavy (non-hydrogen) atoms. The van der Waals surface area contributed by atoms with Crippen molar-refractivity contribution in [3.05, 3.63) is 34.3 Å². The van der Waals surface area contributed by atoms with Gasteiger partial charge in [0, 0.05) is 4.47 Å². The number of benzene rings is 1. The van der Waals surface area contributed by atoms with Gasteiger partial charge >= 0.3 is 0 Å². The monoisotopic (exact) mass is 268 g/mol. The van der Waals surface area contributed by atoms with Gasteiger partial charge in [0.15, 0.2) is 0 Å². The van der Waals surface area contributed by atoms with Gasteiger partial charge in [0.2, 0.25) is 0 Å². The summed E-state index contributed by atoms with van der Waals surface area (Å²) < 4.78 is 1.02. The first-order valence-corrected chi connectivity index (χ1v) is 6.20. The van der Waals surface area contributed by atoms with Crippen LogP contribution in [0.4, 0.5) is 0 Å². The Morgan fingerprint density at radius 3 is 2.40 bits per heavy atom. The molecule has 0 aromatic heterocycles. The topological polar surface area (TPSA) is 20.2 Å². The number of hydrogen-bond acceptors (Lipinski definition) is 1. The van der Waals surface area contributed by atoms with Crippen LogP contribution in [-0.4, -0.2) is 5.11 Å². The van der Waals surface area contributed by atoms with E-state index in [1.807, 2.05) is 24.3 Å². The van der Waals surface area contributed by atoms with Crippen molar-refractivity contribution in [2.45, 2.75) is 38.7 Å². The van der Waals surface area contributed by atoms with Gasteiger partial charge in [-0.1, -0.05) is 48.0 Å². The molecule has 0 saturated heterocycles. The lowest BCUT2D eigenvalue weighted by atomic mass is 9.86. The van der Waals surface area contributed by atoms with Crippen molar-refractivity contribution in [2.24, 2.45) is 5.41 Å². The van der Waals surface area contributed by atoms with Gasteiger partial charge in [-0.2, -0.15) is 0 Å². The molecule has 1 aliphatic rings. The van der Waals surface area contributed by atoms with Crippen molar-refractivity contribution in [3.63, 3.8) is 0 Å². The highest BCUT2D eigenvalue weighted by atomic mass is 79.9. The van der Waals surface area contributed by atoms with Gasteiger partial charge in [0.05, 0.1) is 5.60 Å². The van der Waals surface area contributed by atoms with Crippen LogP contribution in [0.5, 0.6) is 0 Å². The highest BCUT2D eigenvalue weighted by molar-refractivity contribution is 9.10. The maximum atomic E-state index is 10.6. The van der Waals surface area contributed by atoms with E-state index in [1.165, 1.54) is 0 Å². The molecule has 1 aliphatic carbocycles. The second-order valence-corrected chi connectivity index (χ2v) is 6.21. The number of aliphatic hydroxyl groups is 1. The van der Waals surface area contributed by atoms with Crippen LogP contribution in [0.3, 0.4) is 0 Å². The summed E-state index contributed by atoms with van der Waals surface area (Å²) in [6, 6.07) is 7.99. The quantitative estimate of drug-likeness (QED) is 0.821. The van der Waals surface area contributed by atoms with Crippen molar-refractivity contribution in [1.29, 1.82) is 0 Å². The summed E-state index contributed by atoms with van der Waals surface area (Å²) >= 11 is 3.52. The van der Waals surface area contributed by atoms with Crippen molar-refractivity contribution in [1.82, 2.24) is 0 Å². The molecular formula is C13H17BrO. The summed E-state index contributed by atoms with van der Waals surface area (Å²) in [5.41, 5.74) is 0.656. The zero-order chi connectivity index (χ0) is 11.1. The van der Waals surface area contributed by atoms with E-state index in [1.54, 1.807) is 0 Å². The fraction of sp³-hybridized carbons (Fsp3) is 0.538. The van der Waals surface area contributed by atoms with Gasteiger partial charge in [-0.05, 0) is 36.3 Å². The van der Waals surface area contributed by atoms with Crippen LogP contribution < -0.4 is 0 Å². The van der Waals surface area contributed by atoms with Crippen LogP contribution in [0.1, 0.15) is 38.7 Å². The average Bonchev–Trinajstić information content (AvgIpc) is 2.42. The minimum atomic E-state index is -0.635. The Balaban J connectivity index is 2.36. The van der Waals surface area contributed by atoms with Crippen LogP contribution in [0, 0.1) is 5.41 Å². The lowest BCUT2D eigenvalue weighted by Crippen LogP contribution is -2.23. The Kier molecular flexibility index (Phi) is 2.68. The molecule has 0 amide bonds. The van der Waals surface area contributed by atoms with E-state index in [0.717, 1.165) is 29.3 Å². The molecule has 1 unspecified atom stereocenters. The van der Waals surface area contributed by atoms with Gasteiger partial charge in [-0.25, -0.2) is 0 Å². The van der Waals surface area contributed by atoms with E-state index in [0.29, 0.717) is 0 Å². The largest absolute Gasteiger partial charge is 0.385 e. The Bertz CT molecular complexity index is 373.